The fourth-order valence-electron chi connectivity index (χ4n) is 1.36. The second kappa shape index (κ2) is 3.23. The van der Waals surface area contributed by atoms with Crippen LogP contribution in [0.25, 0.3) is 0 Å². The maximum absolute atomic E-state index is 11.9. The van der Waals surface area contributed by atoms with Gasteiger partial charge >= 0.3 is 0 Å². The zero-order valence-corrected chi connectivity index (χ0v) is 9.66. The second-order valence-electron chi connectivity index (χ2n) is 4.19. The predicted molar refractivity (Wildman–Crippen MR) is 57.2 cm³/mol. The first-order valence-corrected chi connectivity index (χ1v) is 6.56. The van der Waals surface area contributed by atoms with Gasteiger partial charge in [0.25, 0.3) is 0 Å². The number of hydrogen-bond acceptors (Lipinski definition) is 4. The number of nitrogen functional groups attached to an aromatic ring is 1. The zero-order chi connectivity index (χ0) is 11.2. The smallest absolute Gasteiger partial charge is 0.201 e. The van der Waals surface area contributed by atoms with Crippen molar-refractivity contribution in [2.75, 3.05) is 5.73 Å². The monoisotopic (exact) mass is 229 g/mol. The van der Waals surface area contributed by atoms with Crippen LogP contribution in [0, 0.1) is 0 Å². The average Bonchev–Trinajstić information content (AvgIpc) is 2.89. The molecular weight excluding hydrogens is 214 g/mol. The minimum Gasteiger partial charge on any atom is -0.395 e. The lowest BCUT2D eigenvalue weighted by Crippen LogP contribution is -2.16. The third-order valence-electron chi connectivity index (χ3n) is 2.54. The van der Waals surface area contributed by atoms with E-state index >= 15 is 0 Å². The second-order valence-corrected chi connectivity index (χ2v) is 6.61. The first-order valence-electron chi connectivity index (χ1n) is 5.01. The third-order valence-corrected chi connectivity index (χ3v) is 4.63. The molecule has 2 rings (SSSR count). The Bertz CT molecular complexity index is 472. The van der Waals surface area contributed by atoms with E-state index in [1.165, 1.54) is 0 Å². The van der Waals surface area contributed by atoms with Crippen molar-refractivity contribution in [3.05, 3.63) is 6.20 Å². The molecule has 0 radical (unpaired) electrons. The van der Waals surface area contributed by atoms with Gasteiger partial charge in [0.05, 0.1) is 17.0 Å². The molecule has 1 aliphatic carbocycles. The van der Waals surface area contributed by atoms with Crippen LogP contribution >= 0.6 is 0 Å². The molecule has 84 valence electrons. The lowest BCUT2D eigenvalue weighted by molar-refractivity contribution is 0.571. The topological polar surface area (TPSA) is 78.0 Å². The summed E-state index contributed by atoms with van der Waals surface area (Å²) in [6, 6.07) is 0.350. The highest BCUT2D eigenvalue weighted by Crippen LogP contribution is 2.36. The fourth-order valence-corrected chi connectivity index (χ4v) is 2.40. The van der Waals surface area contributed by atoms with Crippen molar-refractivity contribution in [3.63, 3.8) is 0 Å². The number of aromatic nitrogens is 2. The fraction of sp³-hybridized carbons (Fsp3) is 0.667. The Labute approximate surface area is 89.2 Å². The van der Waals surface area contributed by atoms with Crippen LogP contribution in [-0.2, 0) is 9.84 Å². The molecule has 1 aromatic rings. The van der Waals surface area contributed by atoms with Crippen molar-refractivity contribution in [1.29, 1.82) is 0 Å². The number of nitrogens with two attached hydrogens (primary N) is 1. The molecule has 1 aliphatic rings. The van der Waals surface area contributed by atoms with Crippen molar-refractivity contribution in [2.45, 2.75) is 43.0 Å². The van der Waals surface area contributed by atoms with Gasteiger partial charge in [0.2, 0.25) is 9.84 Å². The molecule has 0 aromatic carbocycles. The van der Waals surface area contributed by atoms with Gasteiger partial charge in [-0.3, -0.25) is 4.68 Å². The van der Waals surface area contributed by atoms with E-state index in [-0.39, 0.29) is 10.7 Å². The normalized spacial score (nSPS) is 17.3. The summed E-state index contributed by atoms with van der Waals surface area (Å²) in [4.78, 5) is 0. The van der Waals surface area contributed by atoms with Crippen LogP contribution in [0.5, 0.6) is 0 Å². The zero-order valence-electron chi connectivity index (χ0n) is 8.84. The summed E-state index contributed by atoms with van der Waals surface area (Å²) in [7, 11) is -3.35. The molecule has 0 bridgehead atoms. The molecule has 0 atom stereocenters. The van der Waals surface area contributed by atoms with Crippen LogP contribution in [0.15, 0.2) is 11.2 Å². The van der Waals surface area contributed by atoms with E-state index in [4.69, 9.17) is 5.73 Å². The molecule has 5 nitrogen and oxygen atoms in total. The minimum atomic E-state index is -3.35. The van der Waals surface area contributed by atoms with Crippen molar-refractivity contribution < 1.29 is 8.42 Å². The number of hydrogen-bond donors (Lipinski definition) is 1. The molecule has 0 aliphatic heterocycles. The van der Waals surface area contributed by atoms with Gasteiger partial charge < -0.3 is 5.73 Å². The summed E-state index contributed by atoms with van der Waals surface area (Å²) in [6.45, 7) is 3.26. The van der Waals surface area contributed by atoms with Crippen molar-refractivity contribution >= 4 is 15.5 Å². The Kier molecular flexibility index (Phi) is 2.26. The Hall–Kier alpha value is -1.04. The predicted octanol–water partition coefficient (Wildman–Crippen LogP) is 0.982. The van der Waals surface area contributed by atoms with Gasteiger partial charge in [-0.1, -0.05) is 0 Å². The molecule has 0 saturated heterocycles. The van der Waals surface area contributed by atoms with Gasteiger partial charge in [0.1, 0.15) is 0 Å². The SMILES string of the molecule is CC(C)S(=O)(=O)c1nn(C2CC2)cc1N. The number of sulfone groups is 1. The highest BCUT2D eigenvalue weighted by atomic mass is 32.2. The molecule has 1 aromatic heterocycles. The van der Waals surface area contributed by atoms with E-state index in [0.29, 0.717) is 6.04 Å². The largest absolute Gasteiger partial charge is 0.395 e. The van der Waals surface area contributed by atoms with Crippen molar-refractivity contribution in [1.82, 2.24) is 9.78 Å². The molecular formula is C9H15N3O2S. The first-order chi connectivity index (χ1) is 6.93. The number of rotatable bonds is 3. The first kappa shape index (κ1) is 10.5. The Morgan fingerprint density at radius 1 is 1.53 bits per heavy atom. The number of nitrogens with zero attached hydrogens (tertiary/aromatic N) is 2. The molecule has 2 N–H and O–H groups in total. The summed E-state index contributed by atoms with van der Waals surface area (Å²) in [5.41, 5.74) is 5.93. The Balaban J connectivity index is 2.44. The highest BCUT2D eigenvalue weighted by molar-refractivity contribution is 7.92. The van der Waals surface area contributed by atoms with Crippen molar-refractivity contribution in [2.24, 2.45) is 0 Å². The molecule has 15 heavy (non-hydrogen) atoms. The minimum absolute atomic E-state index is 0.0319. The summed E-state index contributed by atoms with van der Waals surface area (Å²) in [5.74, 6) is 0. The van der Waals surface area contributed by atoms with Crippen LogP contribution in [0.4, 0.5) is 5.69 Å². The van der Waals surface area contributed by atoms with Gasteiger partial charge in [-0.25, -0.2) is 8.42 Å². The van der Waals surface area contributed by atoms with Gasteiger partial charge in [-0.05, 0) is 26.7 Å². The standard InChI is InChI=1S/C9H15N3O2S/c1-6(2)15(13,14)9-8(10)5-12(11-9)7-3-4-7/h5-7H,3-4,10H2,1-2H3. The summed E-state index contributed by atoms with van der Waals surface area (Å²) < 4.78 is 25.4. The molecule has 0 amide bonds. The lowest BCUT2D eigenvalue weighted by atomic mass is 10.6. The van der Waals surface area contributed by atoms with Crippen LogP contribution in [0.1, 0.15) is 32.7 Å². The van der Waals surface area contributed by atoms with E-state index < -0.39 is 15.1 Å². The van der Waals surface area contributed by atoms with Crippen LogP contribution < -0.4 is 5.73 Å². The average molecular weight is 229 g/mol. The van der Waals surface area contributed by atoms with Crippen LogP contribution in [0.2, 0.25) is 0 Å². The van der Waals surface area contributed by atoms with Gasteiger partial charge in [0.15, 0.2) is 5.03 Å². The summed E-state index contributed by atoms with van der Waals surface area (Å²) in [6.07, 6.45) is 3.73. The summed E-state index contributed by atoms with van der Waals surface area (Å²) in [5, 5.41) is 3.62. The maximum Gasteiger partial charge on any atom is 0.201 e. The maximum atomic E-state index is 11.9. The molecule has 0 spiro atoms. The Morgan fingerprint density at radius 2 is 2.13 bits per heavy atom. The van der Waals surface area contributed by atoms with Crippen LogP contribution in [0.3, 0.4) is 0 Å². The molecule has 1 fully saturated rings. The third kappa shape index (κ3) is 1.73. The lowest BCUT2D eigenvalue weighted by Gasteiger charge is -2.04. The van der Waals surface area contributed by atoms with Gasteiger partial charge in [0, 0.05) is 6.20 Å². The quantitative estimate of drug-likeness (QED) is 0.838. The highest BCUT2D eigenvalue weighted by Gasteiger charge is 2.30. The van der Waals surface area contributed by atoms with Crippen molar-refractivity contribution in [3.8, 4) is 0 Å². The number of anilines is 1. The van der Waals surface area contributed by atoms with E-state index in [2.05, 4.69) is 5.10 Å². The van der Waals surface area contributed by atoms with Crippen LogP contribution in [-0.4, -0.2) is 23.4 Å². The van der Waals surface area contributed by atoms with E-state index in [1.54, 1.807) is 24.7 Å². The molecule has 0 unspecified atom stereocenters. The van der Waals surface area contributed by atoms with E-state index in [1.807, 2.05) is 0 Å². The van der Waals surface area contributed by atoms with Gasteiger partial charge in [-0.15, -0.1) is 0 Å². The van der Waals surface area contributed by atoms with E-state index in [9.17, 15) is 8.42 Å². The summed E-state index contributed by atoms with van der Waals surface area (Å²) >= 11 is 0. The van der Waals surface area contributed by atoms with E-state index in [0.717, 1.165) is 12.8 Å². The molecule has 1 heterocycles. The molecule has 6 heteroatoms. The molecule has 1 saturated carbocycles. The van der Waals surface area contributed by atoms with Gasteiger partial charge in [-0.2, -0.15) is 5.10 Å². The Morgan fingerprint density at radius 3 is 2.60 bits per heavy atom.